The molecule has 0 saturated carbocycles. The predicted molar refractivity (Wildman–Crippen MR) is 117 cm³/mol. The molecule has 0 saturated heterocycles. The predicted octanol–water partition coefficient (Wildman–Crippen LogP) is 3.64. The van der Waals surface area contributed by atoms with Crippen molar-refractivity contribution in [2.75, 3.05) is 0 Å². The van der Waals surface area contributed by atoms with Gasteiger partial charge in [-0.1, -0.05) is 72.8 Å². The van der Waals surface area contributed by atoms with E-state index in [1.807, 2.05) is 78.9 Å². The number of nitrogens with zero attached hydrogens (tertiary/aromatic N) is 1. The molecule has 0 bridgehead atoms. The van der Waals surface area contributed by atoms with Crippen LogP contribution in [0.1, 0.15) is 11.1 Å². The first-order valence-electron chi connectivity index (χ1n) is 9.16. The van der Waals surface area contributed by atoms with Gasteiger partial charge in [-0.15, -0.1) is 0 Å². The van der Waals surface area contributed by atoms with Crippen molar-refractivity contribution in [3.63, 3.8) is 0 Å². The van der Waals surface area contributed by atoms with Crippen LogP contribution in [0.3, 0.4) is 0 Å². The van der Waals surface area contributed by atoms with Gasteiger partial charge in [0.25, 0.3) is 5.56 Å². The maximum atomic E-state index is 12.9. The van der Waals surface area contributed by atoms with Crippen LogP contribution < -0.4 is 20.9 Å². The number of aromatic amines is 1. The van der Waals surface area contributed by atoms with Crippen LogP contribution in [0.2, 0.25) is 5.02 Å². The summed E-state index contributed by atoms with van der Waals surface area (Å²) in [5.41, 5.74) is 2.28. The van der Waals surface area contributed by atoms with Crippen LogP contribution in [0.5, 0.6) is 5.75 Å². The van der Waals surface area contributed by atoms with Crippen molar-refractivity contribution in [1.29, 1.82) is 0 Å². The Balaban J connectivity index is 1.71. The molecular formula is C24H19ClN2O2. The van der Waals surface area contributed by atoms with Crippen LogP contribution >= 0.6 is 11.6 Å². The molecule has 5 heteroatoms. The fraction of sp³-hybridized carbons (Fsp3) is 0.0417. The molecule has 0 spiro atoms. The summed E-state index contributed by atoms with van der Waals surface area (Å²) in [6.45, 7) is 4.33. The van der Waals surface area contributed by atoms with E-state index in [9.17, 15) is 4.79 Å². The van der Waals surface area contributed by atoms with Crippen LogP contribution in [-0.4, -0.2) is 9.78 Å². The highest BCUT2D eigenvalue weighted by atomic mass is 35.5. The fourth-order valence-electron chi connectivity index (χ4n) is 3.06. The van der Waals surface area contributed by atoms with E-state index in [0.717, 1.165) is 16.8 Å². The molecular weight excluding hydrogens is 384 g/mol. The average Bonchev–Trinajstić information content (AvgIpc) is 3.03. The Labute approximate surface area is 173 Å². The summed E-state index contributed by atoms with van der Waals surface area (Å²) in [6.07, 6.45) is 1.79. The van der Waals surface area contributed by atoms with E-state index >= 15 is 0 Å². The molecule has 3 aromatic carbocycles. The van der Waals surface area contributed by atoms with Gasteiger partial charge in [0, 0.05) is 16.1 Å². The zero-order valence-electron chi connectivity index (χ0n) is 15.6. The lowest BCUT2D eigenvalue weighted by Crippen LogP contribution is -2.34. The Hall–Kier alpha value is -3.50. The zero-order chi connectivity index (χ0) is 20.2. The fourth-order valence-corrected chi connectivity index (χ4v) is 3.25. The molecule has 0 atom stereocenters. The van der Waals surface area contributed by atoms with Crippen molar-refractivity contribution in [2.45, 2.75) is 6.61 Å². The minimum atomic E-state index is -0.165. The molecule has 4 nitrogen and oxygen atoms in total. The van der Waals surface area contributed by atoms with Crippen LogP contribution in [0.15, 0.2) is 83.7 Å². The molecule has 0 aliphatic rings. The molecule has 144 valence electrons. The third kappa shape index (κ3) is 4.03. The van der Waals surface area contributed by atoms with Gasteiger partial charge in [-0.05, 0) is 30.3 Å². The normalized spacial score (nSPS) is 11.6. The van der Waals surface area contributed by atoms with Crippen LogP contribution in [0.4, 0.5) is 0 Å². The van der Waals surface area contributed by atoms with Gasteiger partial charge in [0.2, 0.25) is 0 Å². The van der Waals surface area contributed by atoms with Crippen molar-refractivity contribution in [1.82, 2.24) is 9.78 Å². The van der Waals surface area contributed by atoms with E-state index in [1.54, 1.807) is 6.08 Å². The van der Waals surface area contributed by atoms with Gasteiger partial charge in [-0.3, -0.25) is 9.89 Å². The van der Waals surface area contributed by atoms with E-state index in [-0.39, 0.29) is 5.56 Å². The second kappa shape index (κ2) is 8.25. The Bertz CT molecular complexity index is 1310. The molecule has 29 heavy (non-hydrogen) atoms. The number of hydrogen-bond acceptors (Lipinski definition) is 2. The smallest absolute Gasteiger partial charge is 0.279 e. The van der Waals surface area contributed by atoms with Gasteiger partial charge in [0.05, 0.1) is 16.3 Å². The molecule has 1 aromatic heterocycles. The van der Waals surface area contributed by atoms with Crippen LogP contribution in [0, 0.1) is 0 Å². The largest absolute Gasteiger partial charge is 0.488 e. The standard InChI is InChI=1S/C24H19ClN2O2/c1-17-21(24(28)27(26-17)20-11-3-2-4-12-20)15-18-9-6-8-14-23(18)29-16-19-10-5-7-13-22(19)25/h2-15,26H,1,16H2/b21-15-. The number of nitrogens with one attached hydrogen (secondary N) is 1. The van der Waals surface area contributed by atoms with Gasteiger partial charge in [-0.25, -0.2) is 4.68 Å². The second-order valence-corrected chi connectivity index (χ2v) is 6.95. The number of benzene rings is 3. The highest BCUT2D eigenvalue weighted by molar-refractivity contribution is 6.31. The molecule has 4 rings (SSSR count). The third-order valence-corrected chi connectivity index (χ3v) is 4.95. The van der Waals surface area contributed by atoms with Crippen molar-refractivity contribution >= 4 is 24.3 Å². The Morgan fingerprint density at radius 2 is 1.66 bits per heavy atom. The third-order valence-electron chi connectivity index (χ3n) is 4.58. The molecule has 1 heterocycles. The average molecular weight is 403 g/mol. The first kappa shape index (κ1) is 18.8. The molecule has 0 radical (unpaired) electrons. The second-order valence-electron chi connectivity index (χ2n) is 6.54. The summed E-state index contributed by atoms with van der Waals surface area (Å²) in [6, 6.07) is 24.5. The summed E-state index contributed by atoms with van der Waals surface area (Å²) < 4.78 is 7.48. The minimum Gasteiger partial charge on any atom is -0.488 e. The number of H-pyrrole nitrogens is 1. The molecule has 0 fully saturated rings. The van der Waals surface area contributed by atoms with Gasteiger partial charge in [0.1, 0.15) is 12.4 Å². The lowest BCUT2D eigenvalue weighted by atomic mass is 10.1. The number of para-hydroxylation sites is 2. The molecule has 0 aliphatic heterocycles. The summed E-state index contributed by atoms with van der Waals surface area (Å²) in [5.74, 6) is 0.665. The number of aromatic nitrogens is 2. The van der Waals surface area contributed by atoms with Crippen molar-refractivity contribution in [3.8, 4) is 11.4 Å². The molecule has 0 amide bonds. The number of ether oxygens (including phenoxy) is 1. The summed E-state index contributed by atoms with van der Waals surface area (Å²) >= 11 is 6.22. The lowest BCUT2D eigenvalue weighted by Gasteiger charge is -2.10. The first-order valence-corrected chi connectivity index (χ1v) is 9.53. The molecule has 4 aromatic rings. The van der Waals surface area contributed by atoms with Crippen molar-refractivity contribution in [2.24, 2.45) is 0 Å². The maximum Gasteiger partial charge on any atom is 0.279 e. The quantitative estimate of drug-likeness (QED) is 0.554. The maximum absolute atomic E-state index is 12.9. The first-order chi connectivity index (χ1) is 14.1. The summed E-state index contributed by atoms with van der Waals surface area (Å²) in [4.78, 5) is 12.9. The number of halogens is 1. The molecule has 0 unspecified atom stereocenters. The van der Waals surface area contributed by atoms with E-state index in [4.69, 9.17) is 16.3 Å². The highest BCUT2D eigenvalue weighted by Gasteiger charge is 2.07. The van der Waals surface area contributed by atoms with Gasteiger partial charge in [-0.2, -0.15) is 0 Å². The van der Waals surface area contributed by atoms with Crippen LogP contribution in [0.25, 0.3) is 18.3 Å². The SMILES string of the molecule is C=c1[nH]n(-c2ccccc2)c(=O)/c1=C\c1ccccc1OCc1ccccc1Cl. The monoisotopic (exact) mass is 402 g/mol. The van der Waals surface area contributed by atoms with Crippen LogP contribution in [-0.2, 0) is 6.61 Å². The topological polar surface area (TPSA) is 47.0 Å². The van der Waals surface area contributed by atoms with E-state index in [0.29, 0.717) is 27.9 Å². The zero-order valence-corrected chi connectivity index (χ0v) is 16.4. The molecule has 0 aliphatic carbocycles. The number of hydrogen-bond donors (Lipinski definition) is 1. The van der Waals surface area contributed by atoms with Gasteiger partial charge < -0.3 is 4.74 Å². The van der Waals surface area contributed by atoms with Gasteiger partial charge >= 0.3 is 0 Å². The van der Waals surface area contributed by atoms with E-state index in [1.165, 1.54) is 4.68 Å². The molecule has 1 N–H and O–H groups in total. The van der Waals surface area contributed by atoms with E-state index in [2.05, 4.69) is 11.7 Å². The summed E-state index contributed by atoms with van der Waals surface area (Å²) in [5, 5.41) is 4.73. The Kier molecular flexibility index (Phi) is 5.36. The Morgan fingerprint density at radius 3 is 2.45 bits per heavy atom. The summed E-state index contributed by atoms with van der Waals surface area (Å²) in [7, 11) is 0. The lowest BCUT2D eigenvalue weighted by molar-refractivity contribution is 0.305. The minimum absolute atomic E-state index is 0.165. The number of rotatable bonds is 5. The van der Waals surface area contributed by atoms with Gasteiger partial charge in [0.15, 0.2) is 0 Å². The Morgan fingerprint density at radius 1 is 0.966 bits per heavy atom. The van der Waals surface area contributed by atoms with Crippen molar-refractivity contribution < 1.29 is 4.74 Å². The van der Waals surface area contributed by atoms with Crippen molar-refractivity contribution in [3.05, 3.63) is 116 Å². The van der Waals surface area contributed by atoms with E-state index < -0.39 is 0 Å². The highest BCUT2D eigenvalue weighted by Crippen LogP contribution is 2.22.